The van der Waals surface area contributed by atoms with Gasteiger partial charge in [-0.15, -0.1) is 0 Å². The number of aryl methyl sites for hydroxylation is 1. The summed E-state index contributed by atoms with van der Waals surface area (Å²) in [4.78, 5) is 26.1. The average Bonchev–Trinajstić information content (AvgIpc) is 3.27. The van der Waals surface area contributed by atoms with Crippen molar-refractivity contribution < 1.29 is 36.9 Å². The molecule has 3 aromatic rings. The van der Waals surface area contributed by atoms with E-state index in [4.69, 9.17) is 18.9 Å². The molecule has 1 heterocycles. The lowest BCUT2D eigenvalue weighted by atomic mass is 9.74. The molecule has 4 rings (SSSR count). The Morgan fingerprint density at radius 2 is 1.57 bits per heavy atom. The Bertz CT molecular complexity index is 1370. The van der Waals surface area contributed by atoms with Crippen LogP contribution >= 0.6 is 0 Å². The van der Waals surface area contributed by atoms with Crippen LogP contribution < -0.4 is 14.9 Å². The first-order valence-corrected chi connectivity index (χ1v) is 12.9. The third kappa shape index (κ3) is 5.32. The Kier molecular flexibility index (Phi) is 7.56. The second kappa shape index (κ2) is 10.7. The molecule has 0 saturated carbocycles. The van der Waals surface area contributed by atoms with Crippen molar-refractivity contribution in [3.05, 3.63) is 83.9 Å². The minimum Gasteiger partial charge on any atom is -0.514 e. The quantitative estimate of drug-likeness (QED) is 0.328. The first kappa shape index (κ1) is 26.2. The fourth-order valence-electron chi connectivity index (χ4n) is 4.05. The molecule has 1 fully saturated rings. The molecule has 0 aliphatic carbocycles. The molecule has 37 heavy (non-hydrogen) atoms. The van der Waals surface area contributed by atoms with Gasteiger partial charge < -0.3 is 18.9 Å². The van der Waals surface area contributed by atoms with Crippen LogP contribution in [0.5, 0.6) is 11.5 Å². The minimum absolute atomic E-state index is 0.0154. The Morgan fingerprint density at radius 3 is 2.14 bits per heavy atom. The summed E-state index contributed by atoms with van der Waals surface area (Å²) >= 11 is 0. The summed E-state index contributed by atoms with van der Waals surface area (Å²) in [7, 11) is -2.59. The van der Waals surface area contributed by atoms with Gasteiger partial charge in [-0.05, 0) is 43.6 Å². The first-order valence-electron chi connectivity index (χ1n) is 11.5. The number of carbonyl (C=O) groups excluding carboxylic acids is 2. The molecule has 192 valence electrons. The second-order valence-corrected chi connectivity index (χ2v) is 10.3. The molecule has 9 nitrogen and oxygen atoms in total. The molecule has 0 N–H and O–H groups in total. The average molecular weight is 523 g/mol. The maximum atomic E-state index is 13.8. The molecule has 1 aliphatic rings. The molecule has 2 atom stereocenters. The predicted molar refractivity (Wildman–Crippen MR) is 136 cm³/mol. The van der Waals surface area contributed by atoms with Crippen LogP contribution in [0.1, 0.15) is 22.8 Å². The topological polar surface area (TPSA) is 108 Å². The monoisotopic (exact) mass is 523 g/mol. The van der Waals surface area contributed by atoms with E-state index in [1.807, 2.05) is 6.92 Å². The van der Waals surface area contributed by atoms with Gasteiger partial charge in [-0.25, -0.2) is 13.2 Å². The molecule has 3 aromatic carbocycles. The number of carbonyl (C=O) groups is 2. The van der Waals surface area contributed by atoms with E-state index in [9.17, 15) is 18.0 Å². The summed E-state index contributed by atoms with van der Waals surface area (Å²) in [6.07, 6.45) is -1.19. The van der Waals surface area contributed by atoms with E-state index in [1.54, 1.807) is 48.5 Å². The zero-order valence-electron chi connectivity index (χ0n) is 20.8. The van der Waals surface area contributed by atoms with E-state index in [0.717, 1.165) is 9.78 Å². The van der Waals surface area contributed by atoms with Crippen molar-refractivity contribution in [3.63, 3.8) is 0 Å². The van der Waals surface area contributed by atoms with Gasteiger partial charge in [0.15, 0.2) is 6.04 Å². The van der Waals surface area contributed by atoms with E-state index >= 15 is 0 Å². The second-order valence-electron chi connectivity index (χ2n) is 8.50. The zero-order valence-corrected chi connectivity index (χ0v) is 21.6. The fourth-order valence-corrected chi connectivity index (χ4v) is 5.74. The summed E-state index contributed by atoms with van der Waals surface area (Å²) in [6, 6.07) is 17.9. The van der Waals surface area contributed by atoms with Gasteiger partial charge in [-0.3, -0.25) is 4.79 Å². The molecule has 0 amide bonds. The molecule has 1 saturated heterocycles. The normalized spacial score (nSPS) is 16.7. The number of hydrogen-bond donors (Lipinski definition) is 0. The van der Waals surface area contributed by atoms with Gasteiger partial charge in [0.25, 0.3) is 0 Å². The molecule has 0 spiro atoms. The van der Waals surface area contributed by atoms with E-state index in [-0.39, 0.29) is 10.5 Å². The van der Waals surface area contributed by atoms with Crippen LogP contribution in [0, 0.1) is 6.92 Å². The van der Waals surface area contributed by atoms with Crippen molar-refractivity contribution in [2.75, 3.05) is 14.2 Å². The minimum atomic E-state index is -4.25. The van der Waals surface area contributed by atoms with Crippen LogP contribution in [0.4, 0.5) is 0 Å². The molecule has 11 heteroatoms. The SMILES string of the molecule is COc1cc(OC)cc(C(=O)O[C@@H](C)[C@H]2C(=O)OB(c3ccccc3)N2S(=O)(=O)c2ccc(C)cc2)c1. The highest BCUT2D eigenvalue weighted by Crippen LogP contribution is 2.30. The summed E-state index contributed by atoms with van der Waals surface area (Å²) < 4.78 is 50.2. The maximum Gasteiger partial charge on any atom is 0.502 e. The van der Waals surface area contributed by atoms with E-state index in [2.05, 4.69) is 0 Å². The summed E-state index contributed by atoms with van der Waals surface area (Å²) in [5, 5.41) is 0. The lowest BCUT2D eigenvalue weighted by Gasteiger charge is -2.27. The van der Waals surface area contributed by atoms with Crippen LogP contribution in [-0.2, 0) is 24.2 Å². The summed E-state index contributed by atoms with van der Waals surface area (Å²) in [5.74, 6) is -0.875. The largest absolute Gasteiger partial charge is 0.514 e. The number of hydrogen-bond acceptors (Lipinski definition) is 8. The third-order valence-corrected chi connectivity index (χ3v) is 7.82. The van der Waals surface area contributed by atoms with Crippen molar-refractivity contribution in [3.8, 4) is 11.5 Å². The van der Waals surface area contributed by atoms with Crippen molar-refractivity contribution in [2.45, 2.75) is 30.9 Å². The molecule has 0 aromatic heterocycles. The summed E-state index contributed by atoms with van der Waals surface area (Å²) in [6.45, 7) is 3.29. The van der Waals surface area contributed by atoms with Crippen LogP contribution in [0.25, 0.3) is 0 Å². The Balaban J connectivity index is 1.71. The maximum absolute atomic E-state index is 13.8. The van der Waals surface area contributed by atoms with Crippen LogP contribution in [0.3, 0.4) is 0 Å². The van der Waals surface area contributed by atoms with Crippen molar-refractivity contribution in [2.24, 2.45) is 0 Å². The van der Waals surface area contributed by atoms with Gasteiger partial charge in [0.1, 0.15) is 17.6 Å². The fraction of sp³-hybridized carbons (Fsp3) is 0.231. The number of ether oxygens (including phenoxy) is 3. The Hall–Kier alpha value is -3.83. The lowest BCUT2D eigenvalue weighted by molar-refractivity contribution is -0.136. The van der Waals surface area contributed by atoms with E-state index in [1.165, 1.54) is 45.4 Å². The van der Waals surface area contributed by atoms with Gasteiger partial charge in [0.2, 0.25) is 10.0 Å². The molecule has 0 unspecified atom stereocenters. The molecule has 0 bridgehead atoms. The van der Waals surface area contributed by atoms with Crippen molar-refractivity contribution in [1.29, 1.82) is 0 Å². The third-order valence-electron chi connectivity index (χ3n) is 5.98. The number of sulfonamides is 1. The standard InChI is InChI=1S/C26H26BNO8S/c1-17-10-12-23(13-11-17)37(31,32)28-24(26(30)36-27(28)20-8-6-5-7-9-20)18(2)35-25(29)19-14-21(33-3)16-22(15-19)34-4/h5-16,18,24H,1-4H3/t18-,24-/m0/s1. The van der Waals surface area contributed by atoms with Crippen LogP contribution in [-0.4, -0.2) is 58.0 Å². The Morgan fingerprint density at radius 1 is 0.973 bits per heavy atom. The number of methoxy groups -OCH3 is 2. The molecular formula is C26H26BNO8S. The number of benzene rings is 3. The number of esters is 1. The van der Waals surface area contributed by atoms with Gasteiger partial charge >= 0.3 is 19.0 Å². The number of rotatable bonds is 8. The van der Waals surface area contributed by atoms with Gasteiger partial charge in [0, 0.05) is 6.07 Å². The van der Waals surface area contributed by atoms with Crippen molar-refractivity contribution >= 4 is 34.5 Å². The molecule has 1 aliphatic heterocycles. The lowest BCUT2D eigenvalue weighted by Crippen LogP contribution is -2.54. The predicted octanol–water partition coefficient (Wildman–Crippen LogP) is 2.57. The summed E-state index contributed by atoms with van der Waals surface area (Å²) in [5.41, 5.74) is 1.45. The molecule has 0 radical (unpaired) electrons. The van der Waals surface area contributed by atoms with Crippen molar-refractivity contribution in [1.82, 2.24) is 4.22 Å². The first-order chi connectivity index (χ1) is 17.6. The van der Waals surface area contributed by atoms with Gasteiger partial charge in [-0.2, -0.15) is 4.22 Å². The highest BCUT2D eigenvalue weighted by molar-refractivity contribution is 7.90. The van der Waals surface area contributed by atoms with Crippen LogP contribution in [0.15, 0.2) is 77.7 Å². The zero-order chi connectivity index (χ0) is 26.7. The van der Waals surface area contributed by atoms with Gasteiger partial charge in [0.05, 0.1) is 24.7 Å². The Labute approximate surface area is 216 Å². The molecular weight excluding hydrogens is 497 g/mol. The van der Waals surface area contributed by atoms with Crippen LogP contribution in [0.2, 0.25) is 0 Å². The van der Waals surface area contributed by atoms with E-state index < -0.39 is 41.2 Å². The highest BCUT2D eigenvalue weighted by Gasteiger charge is 2.56. The highest BCUT2D eigenvalue weighted by atomic mass is 32.2. The van der Waals surface area contributed by atoms with E-state index in [0.29, 0.717) is 17.0 Å². The smallest absolute Gasteiger partial charge is 0.502 e. The van der Waals surface area contributed by atoms with Gasteiger partial charge in [-0.1, -0.05) is 48.0 Å². The number of nitrogens with zero attached hydrogens (tertiary/aromatic N) is 1.